The van der Waals surface area contributed by atoms with Gasteiger partial charge in [-0.05, 0) is 18.6 Å². The highest BCUT2D eigenvalue weighted by molar-refractivity contribution is 7.92. The number of carboxylic acids is 1. The number of aliphatic hydroxyl groups is 1. The van der Waals surface area contributed by atoms with Crippen LogP contribution in [0.5, 0.6) is 0 Å². The van der Waals surface area contributed by atoms with Crippen LogP contribution < -0.4 is 10.6 Å². The molecular formula is C24H36N2O12S2. The number of hydrogen-bond donors (Lipinski definition) is 4. The normalized spacial score (nSPS) is 12.6. The van der Waals surface area contributed by atoms with E-state index in [0.717, 1.165) is 0 Å². The van der Waals surface area contributed by atoms with E-state index < -0.39 is 84.6 Å². The third-order valence-electron chi connectivity index (χ3n) is 5.59. The van der Waals surface area contributed by atoms with Crippen LogP contribution in [0.4, 0.5) is 0 Å². The lowest BCUT2D eigenvalue weighted by molar-refractivity contribution is -0.137. The number of rotatable bonds is 20. The second-order valence-corrected chi connectivity index (χ2v) is 13.3. The highest BCUT2D eigenvalue weighted by atomic mass is 32.2. The Morgan fingerprint density at radius 2 is 1.38 bits per heavy atom. The second-order valence-electron chi connectivity index (χ2n) is 8.83. The van der Waals surface area contributed by atoms with Gasteiger partial charge in [0.2, 0.25) is 5.91 Å². The van der Waals surface area contributed by atoms with E-state index in [1.54, 1.807) is 0 Å². The van der Waals surface area contributed by atoms with Gasteiger partial charge in [0.25, 0.3) is 5.91 Å². The quantitative estimate of drug-likeness (QED) is 0.127. The third kappa shape index (κ3) is 13.0. The Kier molecular flexibility index (Phi) is 14.9. The minimum atomic E-state index is -3.85. The maximum Gasteiger partial charge on any atom is 0.303 e. The van der Waals surface area contributed by atoms with Gasteiger partial charge in [0.05, 0.1) is 48.7 Å². The molecule has 0 aliphatic carbocycles. The van der Waals surface area contributed by atoms with Crippen molar-refractivity contribution in [1.82, 2.24) is 10.6 Å². The molecule has 0 saturated heterocycles. The molecule has 0 heterocycles. The summed E-state index contributed by atoms with van der Waals surface area (Å²) in [5.74, 6) is -7.05. The van der Waals surface area contributed by atoms with E-state index in [1.165, 1.54) is 38.5 Å². The van der Waals surface area contributed by atoms with Crippen LogP contribution in [0.3, 0.4) is 0 Å². The summed E-state index contributed by atoms with van der Waals surface area (Å²) in [5.41, 5.74) is -0.0302. The van der Waals surface area contributed by atoms with Crippen LogP contribution in [0, 0.1) is 5.92 Å². The number of methoxy groups -OCH3 is 2. The van der Waals surface area contributed by atoms with Crippen molar-refractivity contribution >= 4 is 43.2 Å². The zero-order chi connectivity index (χ0) is 30.3. The molecule has 16 heteroatoms. The molecule has 4 N–H and O–H groups in total. The first kappa shape index (κ1) is 35.1. The van der Waals surface area contributed by atoms with E-state index in [4.69, 9.17) is 19.7 Å². The van der Waals surface area contributed by atoms with Crippen LogP contribution in [-0.4, -0.2) is 120 Å². The van der Waals surface area contributed by atoms with Gasteiger partial charge in [-0.1, -0.05) is 12.1 Å². The molecule has 1 rings (SSSR count). The first-order valence-electron chi connectivity index (χ1n) is 12.2. The van der Waals surface area contributed by atoms with Crippen LogP contribution in [0.25, 0.3) is 0 Å². The number of carbonyl (C=O) groups is 4. The molecule has 226 valence electrons. The predicted molar refractivity (Wildman–Crippen MR) is 144 cm³/mol. The largest absolute Gasteiger partial charge is 0.481 e. The van der Waals surface area contributed by atoms with Crippen molar-refractivity contribution in [1.29, 1.82) is 0 Å². The molecule has 0 aliphatic heterocycles. The molecule has 1 aromatic carbocycles. The molecule has 1 aromatic rings. The fourth-order valence-corrected chi connectivity index (χ4v) is 6.59. The number of nitrogens with one attached hydrogen (secondary N) is 2. The Morgan fingerprint density at radius 3 is 1.82 bits per heavy atom. The van der Waals surface area contributed by atoms with Gasteiger partial charge in [-0.3, -0.25) is 19.2 Å². The fourth-order valence-electron chi connectivity index (χ4n) is 3.50. The lowest BCUT2D eigenvalue weighted by Crippen LogP contribution is -2.47. The Labute approximate surface area is 233 Å². The Bertz CT molecular complexity index is 1170. The number of benzene rings is 1. The number of carbonyl (C=O) groups excluding carboxylic acids is 3. The molecule has 0 unspecified atom stereocenters. The SMILES string of the molecule is COCCS(=O)(=O)CC(CS(=O)(=O)CCOC)C(=O)c1ccc(C(=O)N[C@@H](CCC(=O)O)C(=O)NCCO)cc1. The molecule has 2 amide bonds. The van der Waals surface area contributed by atoms with Crippen molar-refractivity contribution < 1.29 is 55.7 Å². The average Bonchev–Trinajstić information content (AvgIpc) is 2.90. The summed E-state index contributed by atoms with van der Waals surface area (Å²) in [6.07, 6.45) is -0.626. The van der Waals surface area contributed by atoms with Gasteiger partial charge in [0.1, 0.15) is 6.04 Å². The molecule has 1 atom stereocenters. The predicted octanol–water partition coefficient (Wildman–Crippen LogP) is -1.32. The van der Waals surface area contributed by atoms with Gasteiger partial charge in [0, 0.05) is 38.3 Å². The molecule has 0 aromatic heterocycles. The summed E-state index contributed by atoms with van der Waals surface area (Å²) >= 11 is 0. The topological polar surface area (TPSA) is 220 Å². The number of aliphatic carboxylic acids is 1. The summed E-state index contributed by atoms with van der Waals surface area (Å²) in [4.78, 5) is 49.1. The standard InChI is InChI=1S/C24H36N2O12S2/c1-37-11-13-39(33,34)15-19(16-40(35,36)14-12-38-2)22(30)17-3-5-18(6-4-17)23(31)26-20(7-8-21(28)29)24(32)25-9-10-27/h3-6,19-20,27H,7-16H2,1-2H3,(H,25,32)(H,26,31)(H,28,29)/t20-/m0/s1. The van der Waals surface area contributed by atoms with E-state index in [2.05, 4.69) is 10.6 Å². The number of amides is 2. The van der Waals surface area contributed by atoms with Gasteiger partial charge in [0.15, 0.2) is 25.5 Å². The van der Waals surface area contributed by atoms with E-state index in [9.17, 15) is 36.0 Å². The van der Waals surface area contributed by atoms with Crippen molar-refractivity contribution in [2.24, 2.45) is 5.92 Å². The summed E-state index contributed by atoms with van der Waals surface area (Å²) < 4.78 is 59.6. The maximum atomic E-state index is 13.2. The Balaban J connectivity index is 3.14. The fraction of sp³-hybridized carbons (Fsp3) is 0.583. The molecule has 14 nitrogen and oxygen atoms in total. The molecular weight excluding hydrogens is 572 g/mol. The number of aliphatic hydroxyl groups excluding tert-OH is 1. The first-order valence-corrected chi connectivity index (χ1v) is 15.8. The highest BCUT2D eigenvalue weighted by Crippen LogP contribution is 2.17. The summed E-state index contributed by atoms with van der Waals surface area (Å²) in [6.45, 7) is -0.717. The lowest BCUT2D eigenvalue weighted by atomic mass is 9.99. The molecule has 40 heavy (non-hydrogen) atoms. The van der Waals surface area contributed by atoms with Crippen LogP contribution >= 0.6 is 0 Å². The van der Waals surface area contributed by atoms with E-state index in [0.29, 0.717) is 0 Å². The molecule has 0 bridgehead atoms. The van der Waals surface area contributed by atoms with E-state index >= 15 is 0 Å². The van der Waals surface area contributed by atoms with Gasteiger partial charge in [-0.15, -0.1) is 0 Å². The summed E-state index contributed by atoms with van der Waals surface area (Å²) in [5, 5.41) is 22.6. The number of hydrogen-bond acceptors (Lipinski definition) is 11. The number of sulfone groups is 2. The zero-order valence-electron chi connectivity index (χ0n) is 22.3. The number of carboxylic acid groups (broad SMARTS) is 1. The van der Waals surface area contributed by atoms with Gasteiger partial charge in [-0.2, -0.15) is 0 Å². The number of ketones is 1. The number of Topliss-reactive ketones (excluding diaryl/α,β-unsaturated/α-hetero) is 1. The first-order chi connectivity index (χ1) is 18.7. The minimum Gasteiger partial charge on any atom is -0.481 e. The van der Waals surface area contributed by atoms with Crippen LogP contribution in [-0.2, 0) is 38.7 Å². The highest BCUT2D eigenvalue weighted by Gasteiger charge is 2.31. The third-order valence-corrected chi connectivity index (χ3v) is 8.99. The van der Waals surface area contributed by atoms with Crippen molar-refractivity contribution in [3.05, 3.63) is 35.4 Å². The zero-order valence-corrected chi connectivity index (χ0v) is 24.0. The minimum absolute atomic E-state index is 0.00353. The summed E-state index contributed by atoms with van der Waals surface area (Å²) in [6, 6.07) is 3.71. The number of ether oxygens (including phenoxy) is 2. The van der Waals surface area contributed by atoms with Crippen molar-refractivity contribution in [2.45, 2.75) is 18.9 Å². The lowest BCUT2D eigenvalue weighted by Gasteiger charge is -2.18. The van der Waals surface area contributed by atoms with Crippen LogP contribution in [0.1, 0.15) is 33.6 Å². The van der Waals surface area contributed by atoms with E-state index in [-0.39, 0.29) is 43.9 Å². The molecule has 0 fully saturated rings. The second kappa shape index (κ2) is 17.0. The molecule has 0 aliphatic rings. The van der Waals surface area contributed by atoms with Crippen molar-refractivity contribution in [3.63, 3.8) is 0 Å². The molecule has 0 spiro atoms. The molecule has 0 radical (unpaired) electrons. The van der Waals surface area contributed by atoms with E-state index in [1.807, 2.05) is 0 Å². The van der Waals surface area contributed by atoms with Crippen LogP contribution in [0.15, 0.2) is 24.3 Å². The smallest absolute Gasteiger partial charge is 0.303 e. The van der Waals surface area contributed by atoms with Crippen molar-refractivity contribution in [2.75, 3.05) is 63.6 Å². The van der Waals surface area contributed by atoms with Crippen molar-refractivity contribution in [3.8, 4) is 0 Å². The van der Waals surface area contributed by atoms with Gasteiger partial charge in [-0.25, -0.2) is 16.8 Å². The summed E-state index contributed by atoms with van der Waals surface area (Å²) in [7, 11) is -5.09. The van der Waals surface area contributed by atoms with Gasteiger partial charge >= 0.3 is 5.97 Å². The average molecular weight is 609 g/mol. The Morgan fingerprint density at radius 1 is 0.875 bits per heavy atom. The maximum absolute atomic E-state index is 13.2. The van der Waals surface area contributed by atoms with Crippen LogP contribution in [0.2, 0.25) is 0 Å². The monoisotopic (exact) mass is 608 g/mol. The molecule has 0 saturated carbocycles. The van der Waals surface area contributed by atoms with Gasteiger partial charge < -0.3 is 30.3 Å². The Hall–Kier alpha value is -2.92.